The standard InChI is InChI=1S/C21H30N4O2S/c1-15-6-7-19-16(11-15)12-17(20(26)23-19)14-25(9-8-24(2)3)21(28)22-13-18-5-4-10-27-18/h6-7,11-12,18H,4-5,8-10,13-14H2,1-3H3,(H,22,28)(H,23,26)/t18-/m0/s1. The van der Waals surface area contributed by atoms with Crippen LogP contribution >= 0.6 is 12.2 Å². The SMILES string of the molecule is Cc1ccc2[nH]c(=O)c(CN(CCN(C)C)C(=S)NC[C@@H]3CCCO3)cc2c1. The number of benzene rings is 1. The van der Waals surface area contributed by atoms with E-state index in [1.807, 2.05) is 32.3 Å². The van der Waals surface area contributed by atoms with E-state index >= 15 is 0 Å². The Bertz CT molecular complexity index is 874. The quantitative estimate of drug-likeness (QED) is 0.693. The van der Waals surface area contributed by atoms with Crippen LogP contribution in [0.2, 0.25) is 0 Å². The molecular weight excluding hydrogens is 372 g/mol. The summed E-state index contributed by atoms with van der Waals surface area (Å²) in [6.07, 6.45) is 2.40. The number of fused-ring (bicyclic) bond motifs is 1. The van der Waals surface area contributed by atoms with Crippen LogP contribution in [0.25, 0.3) is 10.9 Å². The highest BCUT2D eigenvalue weighted by Crippen LogP contribution is 2.15. The van der Waals surface area contributed by atoms with Gasteiger partial charge >= 0.3 is 0 Å². The van der Waals surface area contributed by atoms with Crippen molar-refractivity contribution in [3.05, 3.63) is 45.7 Å². The average Bonchev–Trinajstić information content (AvgIpc) is 3.17. The first-order chi connectivity index (χ1) is 13.4. The van der Waals surface area contributed by atoms with Gasteiger partial charge in [0.25, 0.3) is 5.56 Å². The Kier molecular flexibility index (Phi) is 7.04. The minimum absolute atomic E-state index is 0.0619. The van der Waals surface area contributed by atoms with Crippen molar-refractivity contribution in [3.63, 3.8) is 0 Å². The van der Waals surface area contributed by atoms with Crippen molar-refractivity contribution in [2.24, 2.45) is 0 Å². The van der Waals surface area contributed by atoms with Crippen LogP contribution in [0.3, 0.4) is 0 Å². The normalized spacial score (nSPS) is 16.6. The number of hydrogen-bond donors (Lipinski definition) is 2. The Balaban J connectivity index is 1.75. The zero-order chi connectivity index (χ0) is 20.1. The molecule has 0 amide bonds. The zero-order valence-electron chi connectivity index (χ0n) is 17.0. The molecule has 6 nitrogen and oxygen atoms in total. The summed E-state index contributed by atoms with van der Waals surface area (Å²) in [6, 6.07) is 8.03. The molecule has 0 radical (unpaired) electrons. The van der Waals surface area contributed by atoms with Crippen molar-refractivity contribution in [2.75, 3.05) is 40.3 Å². The molecule has 1 atom stereocenters. The number of rotatable bonds is 7. The van der Waals surface area contributed by atoms with Gasteiger partial charge in [-0.1, -0.05) is 11.6 Å². The van der Waals surface area contributed by atoms with E-state index in [0.717, 1.165) is 49.0 Å². The molecule has 1 aliphatic heterocycles. The third-order valence-corrected chi connectivity index (χ3v) is 5.45. The van der Waals surface area contributed by atoms with E-state index < -0.39 is 0 Å². The molecule has 7 heteroatoms. The number of nitrogens with one attached hydrogen (secondary N) is 2. The number of ether oxygens (including phenoxy) is 1. The lowest BCUT2D eigenvalue weighted by Gasteiger charge is -2.28. The molecule has 2 aromatic rings. The van der Waals surface area contributed by atoms with Gasteiger partial charge in [0, 0.05) is 37.3 Å². The third-order valence-electron chi connectivity index (χ3n) is 5.05. The van der Waals surface area contributed by atoms with E-state index in [2.05, 4.69) is 33.1 Å². The van der Waals surface area contributed by atoms with Crippen molar-refractivity contribution in [1.82, 2.24) is 20.1 Å². The Labute approximate surface area is 171 Å². The lowest BCUT2D eigenvalue weighted by molar-refractivity contribution is 0.113. The largest absolute Gasteiger partial charge is 0.376 e. The van der Waals surface area contributed by atoms with Crippen molar-refractivity contribution >= 4 is 28.2 Å². The van der Waals surface area contributed by atoms with Gasteiger partial charge in [-0.2, -0.15) is 0 Å². The second-order valence-electron chi connectivity index (χ2n) is 7.76. The lowest BCUT2D eigenvalue weighted by Crippen LogP contribution is -2.45. The number of aryl methyl sites for hydroxylation is 1. The molecule has 152 valence electrons. The van der Waals surface area contributed by atoms with Crippen LogP contribution in [0.15, 0.2) is 29.1 Å². The summed E-state index contributed by atoms with van der Waals surface area (Å²) >= 11 is 5.65. The molecule has 0 bridgehead atoms. The van der Waals surface area contributed by atoms with Gasteiger partial charge in [0.05, 0.1) is 12.6 Å². The van der Waals surface area contributed by atoms with Crippen LogP contribution < -0.4 is 10.9 Å². The summed E-state index contributed by atoms with van der Waals surface area (Å²) in [5, 5.41) is 5.05. The summed E-state index contributed by atoms with van der Waals surface area (Å²) < 4.78 is 5.67. The summed E-state index contributed by atoms with van der Waals surface area (Å²) in [5.41, 5.74) is 2.69. The highest BCUT2D eigenvalue weighted by Gasteiger charge is 2.18. The molecule has 2 heterocycles. The van der Waals surface area contributed by atoms with Crippen molar-refractivity contribution in [2.45, 2.75) is 32.4 Å². The first kappa shape index (κ1) is 20.8. The topological polar surface area (TPSA) is 60.6 Å². The monoisotopic (exact) mass is 402 g/mol. The molecule has 1 aliphatic rings. The Morgan fingerprint density at radius 1 is 1.32 bits per heavy atom. The van der Waals surface area contributed by atoms with Crippen LogP contribution in [0.5, 0.6) is 0 Å². The van der Waals surface area contributed by atoms with E-state index in [9.17, 15) is 4.79 Å². The van der Waals surface area contributed by atoms with Gasteiger partial charge in [-0.3, -0.25) is 4.79 Å². The van der Waals surface area contributed by atoms with Crippen molar-refractivity contribution in [3.8, 4) is 0 Å². The van der Waals surface area contributed by atoms with E-state index in [1.165, 1.54) is 5.56 Å². The molecule has 1 fully saturated rings. The number of aromatic amines is 1. The van der Waals surface area contributed by atoms with Gasteiger partial charge in [0.2, 0.25) is 0 Å². The smallest absolute Gasteiger partial charge is 0.253 e. The predicted molar refractivity (Wildman–Crippen MR) is 118 cm³/mol. The zero-order valence-corrected chi connectivity index (χ0v) is 17.8. The van der Waals surface area contributed by atoms with Crippen LogP contribution in [-0.2, 0) is 11.3 Å². The van der Waals surface area contributed by atoms with Gasteiger partial charge in [0.1, 0.15) is 0 Å². The molecule has 1 aromatic heterocycles. The molecule has 28 heavy (non-hydrogen) atoms. The van der Waals surface area contributed by atoms with Gasteiger partial charge in [-0.05, 0) is 69.7 Å². The van der Waals surface area contributed by atoms with Crippen molar-refractivity contribution < 1.29 is 4.74 Å². The number of H-pyrrole nitrogens is 1. The second-order valence-corrected chi connectivity index (χ2v) is 8.15. The van der Waals surface area contributed by atoms with Crippen LogP contribution in [0.1, 0.15) is 24.0 Å². The second kappa shape index (κ2) is 9.49. The van der Waals surface area contributed by atoms with Gasteiger partial charge in [-0.25, -0.2) is 0 Å². The lowest BCUT2D eigenvalue weighted by atomic mass is 10.1. The molecule has 0 spiro atoms. The fourth-order valence-electron chi connectivity index (χ4n) is 3.39. The van der Waals surface area contributed by atoms with E-state index in [0.29, 0.717) is 18.2 Å². The Morgan fingerprint density at radius 3 is 2.86 bits per heavy atom. The highest BCUT2D eigenvalue weighted by atomic mass is 32.1. The van der Waals surface area contributed by atoms with Gasteiger partial charge in [-0.15, -0.1) is 0 Å². The minimum Gasteiger partial charge on any atom is -0.376 e. The molecule has 2 N–H and O–H groups in total. The number of aromatic nitrogens is 1. The minimum atomic E-state index is -0.0619. The summed E-state index contributed by atoms with van der Waals surface area (Å²) in [5.74, 6) is 0. The van der Waals surface area contributed by atoms with Crippen LogP contribution in [-0.4, -0.2) is 66.3 Å². The van der Waals surface area contributed by atoms with Crippen LogP contribution in [0, 0.1) is 6.92 Å². The van der Waals surface area contributed by atoms with Gasteiger partial charge < -0.3 is 24.8 Å². The molecule has 3 rings (SSSR count). The van der Waals surface area contributed by atoms with E-state index in [4.69, 9.17) is 17.0 Å². The molecular formula is C21H30N4O2S. The number of pyridine rings is 1. The number of thiocarbonyl (C=S) groups is 1. The first-order valence-corrected chi connectivity index (χ1v) is 10.2. The molecule has 0 saturated carbocycles. The molecule has 1 saturated heterocycles. The first-order valence-electron chi connectivity index (χ1n) is 9.84. The highest BCUT2D eigenvalue weighted by molar-refractivity contribution is 7.80. The van der Waals surface area contributed by atoms with Crippen LogP contribution in [0.4, 0.5) is 0 Å². The predicted octanol–water partition coefficient (Wildman–Crippen LogP) is 2.25. The Morgan fingerprint density at radius 2 is 2.14 bits per heavy atom. The number of likely N-dealkylation sites (N-methyl/N-ethyl adjacent to an activating group) is 1. The molecule has 1 aromatic carbocycles. The van der Waals surface area contributed by atoms with Gasteiger partial charge in [0.15, 0.2) is 5.11 Å². The number of nitrogens with zero attached hydrogens (tertiary/aromatic N) is 2. The summed E-state index contributed by atoms with van der Waals surface area (Å²) in [4.78, 5) is 19.8. The molecule has 0 unspecified atom stereocenters. The maximum absolute atomic E-state index is 12.6. The fourth-order valence-corrected chi connectivity index (χ4v) is 3.62. The van der Waals surface area contributed by atoms with Crippen molar-refractivity contribution in [1.29, 1.82) is 0 Å². The maximum atomic E-state index is 12.6. The third kappa shape index (κ3) is 5.53. The average molecular weight is 403 g/mol. The molecule has 0 aliphatic carbocycles. The van der Waals surface area contributed by atoms with E-state index in [-0.39, 0.29) is 11.7 Å². The number of hydrogen-bond acceptors (Lipinski definition) is 4. The Hall–Kier alpha value is -1.96. The fraction of sp³-hybridized carbons (Fsp3) is 0.524. The summed E-state index contributed by atoms with van der Waals surface area (Å²) in [6.45, 7) is 5.67. The summed E-state index contributed by atoms with van der Waals surface area (Å²) in [7, 11) is 4.07. The maximum Gasteiger partial charge on any atom is 0.253 e. The van der Waals surface area contributed by atoms with E-state index in [1.54, 1.807) is 0 Å².